The summed E-state index contributed by atoms with van der Waals surface area (Å²) in [6.45, 7) is 12.8. The van der Waals surface area contributed by atoms with Gasteiger partial charge in [0.25, 0.3) is 0 Å². The van der Waals surface area contributed by atoms with Crippen LogP contribution in [0.1, 0.15) is 90.3 Å². The van der Waals surface area contributed by atoms with Crippen LogP contribution in [0.2, 0.25) is 0 Å². The molecule has 1 N–H and O–H groups in total. The molecule has 2 rings (SSSR count). The normalized spacial score (nSPS) is 18.4. The molecule has 0 radical (unpaired) electrons. The average Bonchev–Trinajstić information content (AvgIpc) is 2.47. The third-order valence-corrected chi connectivity index (χ3v) is 5.44. The topological polar surface area (TPSA) is 37.3 Å². The van der Waals surface area contributed by atoms with Crippen LogP contribution in [0, 0.1) is 5.41 Å². The van der Waals surface area contributed by atoms with Crippen molar-refractivity contribution >= 4 is 6.29 Å². The molecule has 0 unspecified atom stereocenters. The Morgan fingerprint density at radius 1 is 0.958 bits per heavy atom. The van der Waals surface area contributed by atoms with Gasteiger partial charge in [0.05, 0.1) is 0 Å². The van der Waals surface area contributed by atoms with Gasteiger partial charge in [-0.3, -0.25) is 0 Å². The van der Waals surface area contributed by atoms with Crippen LogP contribution < -0.4 is 0 Å². The minimum absolute atomic E-state index is 0.124. The molecule has 0 aliphatic heterocycles. The highest BCUT2D eigenvalue weighted by Crippen LogP contribution is 2.43. The van der Waals surface area contributed by atoms with Crippen LogP contribution >= 0.6 is 0 Å². The Bertz CT molecular complexity index is 558. The zero-order valence-electron chi connectivity index (χ0n) is 16.3. The van der Waals surface area contributed by atoms with E-state index >= 15 is 0 Å². The molecular weight excluding hydrogens is 296 g/mol. The zero-order valence-corrected chi connectivity index (χ0v) is 16.3. The molecule has 1 saturated carbocycles. The first-order valence-corrected chi connectivity index (χ1v) is 9.32. The molecule has 0 saturated heterocycles. The van der Waals surface area contributed by atoms with Gasteiger partial charge in [-0.25, -0.2) is 0 Å². The molecular formula is C22H34O2. The van der Waals surface area contributed by atoms with Crippen molar-refractivity contribution in [3.63, 3.8) is 0 Å². The van der Waals surface area contributed by atoms with Crippen LogP contribution in [0.4, 0.5) is 0 Å². The van der Waals surface area contributed by atoms with Gasteiger partial charge in [0.2, 0.25) is 0 Å². The number of rotatable bonds is 3. The summed E-state index contributed by atoms with van der Waals surface area (Å²) in [5.74, 6) is 0.419. The molecule has 2 heteroatoms. The number of carbonyl (C=O) groups is 1. The van der Waals surface area contributed by atoms with Crippen molar-refractivity contribution in [1.82, 2.24) is 0 Å². The first kappa shape index (κ1) is 19.0. The fraction of sp³-hybridized carbons (Fsp3) is 0.682. The number of hydrogen-bond acceptors (Lipinski definition) is 2. The van der Waals surface area contributed by atoms with Gasteiger partial charge in [0.1, 0.15) is 12.0 Å². The minimum atomic E-state index is -0.209. The highest BCUT2D eigenvalue weighted by Gasteiger charge is 2.33. The number of hydrogen-bond donors (Lipinski definition) is 1. The summed E-state index contributed by atoms with van der Waals surface area (Å²) in [5, 5.41) is 10.8. The van der Waals surface area contributed by atoms with E-state index in [1.54, 1.807) is 0 Å². The number of aldehydes is 1. The van der Waals surface area contributed by atoms with E-state index in [9.17, 15) is 9.90 Å². The summed E-state index contributed by atoms with van der Waals surface area (Å²) in [5.41, 5.74) is 2.71. The van der Waals surface area contributed by atoms with Crippen molar-refractivity contribution in [2.24, 2.45) is 5.41 Å². The quantitative estimate of drug-likeness (QED) is 0.724. The van der Waals surface area contributed by atoms with Crippen LogP contribution in [0.5, 0.6) is 5.75 Å². The van der Waals surface area contributed by atoms with E-state index in [4.69, 9.17) is 0 Å². The molecule has 1 aliphatic rings. The van der Waals surface area contributed by atoms with Crippen LogP contribution in [0.25, 0.3) is 0 Å². The van der Waals surface area contributed by atoms with Gasteiger partial charge in [-0.1, -0.05) is 72.9 Å². The van der Waals surface area contributed by atoms with Crippen molar-refractivity contribution in [2.75, 3.05) is 0 Å². The maximum Gasteiger partial charge on any atom is 0.126 e. The molecule has 0 atom stereocenters. The van der Waals surface area contributed by atoms with Crippen molar-refractivity contribution in [1.29, 1.82) is 0 Å². The largest absolute Gasteiger partial charge is 0.507 e. The van der Waals surface area contributed by atoms with Crippen LogP contribution in [0.15, 0.2) is 12.1 Å². The van der Waals surface area contributed by atoms with E-state index in [-0.39, 0.29) is 16.2 Å². The van der Waals surface area contributed by atoms with E-state index < -0.39 is 0 Å². The fourth-order valence-corrected chi connectivity index (χ4v) is 3.94. The summed E-state index contributed by atoms with van der Waals surface area (Å²) in [6, 6.07) is 4.26. The van der Waals surface area contributed by atoms with E-state index in [1.807, 2.05) is 0 Å². The molecule has 2 nitrogen and oxygen atoms in total. The molecule has 134 valence electrons. The smallest absolute Gasteiger partial charge is 0.126 e. The van der Waals surface area contributed by atoms with Gasteiger partial charge in [0.15, 0.2) is 0 Å². The van der Waals surface area contributed by atoms with E-state index in [0.29, 0.717) is 5.75 Å². The average molecular weight is 331 g/mol. The predicted molar refractivity (Wildman–Crippen MR) is 101 cm³/mol. The Morgan fingerprint density at radius 2 is 1.42 bits per heavy atom. The first-order chi connectivity index (χ1) is 11.0. The van der Waals surface area contributed by atoms with Gasteiger partial charge in [-0.15, -0.1) is 0 Å². The fourth-order valence-electron chi connectivity index (χ4n) is 3.94. The number of phenols is 1. The molecule has 0 aromatic heterocycles. The van der Waals surface area contributed by atoms with Crippen molar-refractivity contribution < 1.29 is 9.90 Å². The number of phenolic OH excluding ortho intramolecular Hbond substituents is 1. The van der Waals surface area contributed by atoms with Gasteiger partial charge in [-0.05, 0) is 46.8 Å². The maximum atomic E-state index is 11.9. The van der Waals surface area contributed by atoms with Crippen molar-refractivity contribution in [3.8, 4) is 5.75 Å². The standard InChI is InChI=1S/C22H34O2/c1-20(2,3)17-12-16(13-18(19(17)24)21(4,5)6)14-22(15-23)10-8-7-9-11-22/h12-13,15,24H,7-11,14H2,1-6H3. The van der Waals surface area contributed by atoms with E-state index in [0.717, 1.165) is 43.2 Å². The predicted octanol–water partition coefficient (Wildman–Crippen LogP) is 5.68. The molecule has 24 heavy (non-hydrogen) atoms. The van der Waals surface area contributed by atoms with Crippen LogP contribution in [-0.2, 0) is 22.0 Å². The van der Waals surface area contributed by atoms with Crippen LogP contribution in [0.3, 0.4) is 0 Å². The minimum Gasteiger partial charge on any atom is -0.507 e. The lowest BCUT2D eigenvalue weighted by molar-refractivity contribution is -0.117. The molecule has 0 bridgehead atoms. The lowest BCUT2D eigenvalue weighted by atomic mass is 9.70. The van der Waals surface area contributed by atoms with Crippen LogP contribution in [-0.4, -0.2) is 11.4 Å². The summed E-state index contributed by atoms with van der Waals surface area (Å²) >= 11 is 0. The number of carbonyl (C=O) groups excluding carboxylic acids is 1. The molecule has 0 amide bonds. The molecule has 0 heterocycles. The Balaban J connectivity index is 2.52. The SMILES string of the molecule is CC(C)(C)c1cc(CC2(C=O)CCCCC2)cc(C(C)(C)C)c1O. The van der Waals surface area contributed by atoms with Gasteiger partial charge >= 0.3 is 0 Å². The number of aromatic hydroxyl groups is 1. The monoisotopic (exact) mass is 330 g/mol. The van der Waals surface area contributed by atoms with E-state index in [1.165, 1.54) is 18.3 Å². The Labute approximate surface area is 147 Å². The summed E-state index contributed by atoms with van der Waals surface area (Å²) in [7, 11) is 0. The summed E-state index contributed by atoms with van der Waals surface area (Å²) in [6.07, 6.45) is 7.52. The molecule has 1 fully saturated rings. The van der Waals surface area contributed by atoms with Crippen molar-refractivity contribution in [3.05, 3.63) is 28.8 Å². The lowest BCUT2D eigenvalue weighted by Gasteiger charge is -2.34. The van der Waals surface area contributed by atoms with Gasteiger partial charge < -0.3 is 9.90 Å². The van der Waals surface area contributed by atoms with Gasteiger partial charge in [0, 0.05) is 5.41 Å². The van der Waals surface area contributed by atoms with E-state index in [2.05, 4.69) is 53.7 Å². The Hall–Kier alpha value is -1.31. The second-order valence-electron chi connectivity index (χ2n) is 9.76. The summed E-state index contributed by atoms with van der Waals surface area (Å²) in [4.78, 5) is 11.9. The maximum absolute atomic E-state index is 11.9. The van der Waals surface area contributed by atoms with Crippen molar-refractivity contribution in [2.45, 2.75) is 90.9 Å². The first-order valence-electron chi connectivity index (χ1n) is 9.32. The highest BCUT2D eigenvalue weighted by atomic mass is 16.3. The molecule has 1 aromatic carbocycles. The zero-order chi connectivity index (χ0) is 18.2. The third kappa shape index (κ3) is 4.02. The molecule has 1 aromatic rings. The lowest BCUT2D eigenvalue weighted by Crippen LogP contribution is -2.29. The Kier molecular flexibility index (Phi) is 5.18. The van der Waals surface area contributed by atoms with Gasteiger partial charge in [-0.2, -0.15) is 0 Å². The number of benzene rings is 1. The Morgan fingerprint density at radius 3 is 1.79 bits per heavy atom. The molecule has 0 spiro atoms. The highest BCUT2D eigenvalue weighted by molar-refractivity contribution is 5.61. The second kappa shape index (κ2) is 6.54. The summed E-state index contributed by atoms with van der Waals surface area (Å²) < 4.78 is 0. The molecule has 1 aliphatic carbocycles. The second-order valence-corrected chi connectivity index (χ2v) is 9.76. The third-order valence-electron chi connectivity index (χ3n) is 5.44.